The minimum absolute atomic E-state index is 0.147. The Morgan fingerprint density at radius 1 is 1.20 bits per heavy atom. The van der Waals surface area contributed by atoms with E-state index in [2.05, 4.69) is 19.2 Å². The molecule has 2 nitrogen and oxygen atoms in total. The maximum atomic E-state index is 14.1. The van der Waals surface area contributed by atoms with Gasteiger partial charge in [0.1, 0.15) is 0 Å². The Hall–Kier alpha value is -1.09. The molecule has 3 heteroatoms. The monoisotopic (exact) mass is 279 g/mol. The van der Waals surface area contributed by atoms with Crippen LogP contribution in [0.2, 0.25) is 0 Å². The third-order valence-corrected chi connectivity index (χ3v) is 4.32. The molecule has 0 radical (unpaired) electrons. The molecule has 0 saturated heterocycles. The summed E-state index contributed by atoms with van der Waals surface area (Å²) in [5, 5.41) is 3.11. The minimum Gasteiger partial charge on any atom is -0.487 e. The Balaban J connectivity index is 2.06. The van der Waals surface area contributed by atoms with Crippen molar-refractivity contribution in [3.8, 4) is 5.75 Å². The molecular formula is C17H26FNO. The Morgan fingerprint density at radius 3 is 2.40 bits per heavy atom. The SMILES string of the molecule is CNC(C)c1ccc(OC2CC(C)CC(C)C2)c(F)c1. The maximum absolute atomic E-state index is 14.1. The summed E-state index contributed by atoms with van der Waals surface area (Å²) in [5.74, 6) is 1.46. The van der Waals surface area contributed by atoms with Gasteiger partial charge in [-0.15, -0.1) is 0 Å². The van der Waals surface area contributed by atoms with E-state index in [0.29, 0.717) is 17.6 Å². The van der Waals surface area contributed by atoms with Gasteiger partial charge in [-0.05, 0) is 62.8 Å². The van der Waals surface area contributed by atoms with Crippen LogP contribution < -0.4 is 10.1 Å². The van der Waals surface area contributed by atoms with Crippen molar-refractivity contribution < 1.29 is 9.13 Å². The van der Waals surface area contributed by atoms with Crippen LogP contribution in [0.1, 0.15) is 51.6 Å². The zero-order valence-corrected chi connectivity index (χ0v) is 12.9. The average Bonchev–Trinajstić information content (AvgIpc) is 2.39. The maximum Gasteiger partial charge on any atom is 0.165 e. The predicted molar refractivity (Wildman–Crippen MR) is 80.5 cm³/mol. The van der Waals surface area contributed by atoms with E-state index >= 15 is 0 Å². The molecule has 3 unspecified atom stereocenters. The standard InChI is InChI=1S/C17H26FNO/c1-11-7-12(2)9-15(8-11)20-17-6-5-14(10-16(17)18)13(3)19-4/h5-6,10-13,15,19H,7-9H2,1-4H3. The van der Waals surface area contributed by atoms with Gasteiger partial charge in [0.25, 0.3) is 0 Å². The van der Waals surface area contributed by atoms with Gasteiger partial charge in [-0.25, -0.2) is 4.39 Å². The number of ether oxygens (including phenoxy) is 1. The van der Waals surface area contributed by atoms with E-state index in [1.807, 2.05) is 20.0 Å². The van der Waals surface area contributed by atoms with Crippen molar-refractivity contribution in [2.45, 2.75) is 52.2 Å². The lowest BCUT2D eigenvalue weighted by Crippen LogP contribution is -2.28. The second-order valence-electron chi connectivity index (χ2n) is 6.36. The summed E-state index contributed by atoms with van der Waals surface area (Å²) in [7, 11) is 1.87. The highest BCUT2D eigenvalue weighted by atomic mass is 19.1. The fraction of sp³-hybridized carbons (Fsp3) is 0.647. The molecule has 1 aromatic carbocycles. The van der Waals surface area contributed by atoms with Crippen molar-refractivity contribution in [2.24, 2.45) is 11.8 Å². The minimum atomic E-state index is -0.254. The number of benzene rings is 1. The number of rotatable bonds is 4. The summed E-state index contributed by atoms with van der Waals surface area (Å²) >= 11 is 0. The molecule has 0 aromatic heterocycles. The molecule has 2 rings (SSSR count). The van der Waals surface area contributed by atoms with Gasteiger partial charge in [0.2, 0.25) is 0 Å². The molecule has 0 amide bonds. The van der Waals surface area contributed by atoms with E-state index in [0.717, 1.165) is 18.4 Å². The highest BCUT2D eigenvalue weighted by Gasteiger charge is 2.26. The molecule has 112 valence electrons. The molecule has 1 aliphatic carbocycles. The second kappa shape index (κ2) is 6.57. The molecule has 0 spiro atoms. The molecule has 1 aliphatic rings. The summed E-state index contributed by atoms with van der Waals surface area (Å²) in [6.07, 6.45) is 3.45. The first-order valence-electron chi connectivity index (χ1n) is 7.63. The van der Waals surface area contributed by atoms with Crippen molar-refractivity contribution >= 4 is 0 Å². The van der Waals surface area contributed by atoms with Gasteiger partial charge in [0, 0.05) is 6.04 Å². The van der Waals surface area contributed by atoms with Gasteiger partial charge in [0.05, 0.1) is 6.10 Å². The lowest BCUT2D eigenvalue weighted by molar-refractivity contribution is 0.0970. The first kappa shape index (κ1) is 15.3. The number of nitrogens with one attached hydrogen (secondary N) is 1. The van der Waals surface area contributed by atoms with Crippen LogP contribution in [0.3, 0.4) is 0 Å². The average molecular weight is 279 g/mol. The van der Waals surface area contributed by atoms with Crippen LogP contribution in [0.4, 0.5) is 4.39 Å². The highest BCUT2D eigenvalue weighted by molar-refractivity contribution is 5.31. The number of halogens is 1. The van der Waals surface area contributed by atoms with Gasteiger partial charge in [0.15, 0.2) is 11.6 Å². The largest absolute Gasteiger partial charge is 0.487 e. The fourth-order valence-corrected chi connectivity index (χ4v) is 3.20. The molecule has 1 saturated carbocycles. The first-order valence-corrected chi connectivity index (χ1v) is 7.63. The predicted octanol–water partition coefficient (Wildman–Crippen LogP) is 4.31. The Kier molecular flexibility index (Phi) is 5.03. The molecule has 0 heterocycles. The van der Waals surface area contributed by atoms with Crippen molar-refractivity contribution in [2.75, 3.05) is 7.05 Å². The molecule has 1 N–H and O–H groups in total. The third kappa shape index (κ3) is 3.72. The molecule has 1 fully saturated rings. The Morgan fingerprint density at radius 2 is 1.85 bits per heavy atom. The van der Waals surface area contributed by atoms with Crippen LogP contribution in [0.5, 0.6) is 5.75 Å². The normalized spacial score (nSPS) is 28.1. The molecular weight excluding hydrogens is 253 g/mol. The lowest BCUT2D eigenvalue weighted by atomic mass is 9.82. The topological polar surface area (TPSA) is 21.3 Å². The Labute approximate surface area is 121 Å². The third-order valence-electron chi connectivity index (χ3n) is 4.32. The summed E-state index contributed by atoms with van der Waals surface area (Å²) in [6, 6.07) is 5.43. The van der Waals surface area contributed by atoms with Gasteiger partial charge in [-0.1, -0.05) is 19.9 Å². The smallest absolute Gasteiger partial charge is 0.165 e. The van der Waals surface area contributed by atoms with E-state index < -0.39 is 0 Å². The molecule has 3 atom stereocenters. The van der Waals surface area contributed by atoms with E-state index in [1.165, 1.54) is 6.42 Å². The molecule has 0 bridgehead atoms. The molecule has 0 aliphatic heterocycles. The zero-order valence-electron chi connectivity index (χ0n) is 12.9. The van der Waals surface area contributed by atoms with Gasteiger partial charge >= 0.3 is 0 Å². The van der Waals surface area contributed by atoms with Crippen LogP contribution in [-0.4, -0.2) is 13.2 Å². The second-order valence-corrected chi connectivity index (χ2v) is 6.36. The van der Waals surface area contributed by atoms with E-state index in [9.17, 15) is 4.39 Å². The van der Waals surface area contributed by atoms with Gasteiger partial charge < -0.3 is 10.1 Å². The van der Waals surface area contributed by atoms with E-state index in [4.69, 9.17) is 4.74 Å². The first-order chi connectivity index (χ1) is 9.49. The highest BCUT2D eigenvalue weighted by Crippen LogP contribution is 2.32. The van der Waals surface area contributed by atoms with Crippen LogP contribution >= 0.6 is 0 Å². The van der Waals surface area contributed by atoms with Crippen molar-refractivity contribution in [1.29, 1.82) is 0 Å². The van der Waals surface area contributed by atoms with Gasteiger partial charge in [-0.3, -0.25) is 0 Å². The summed E-state index contributed by atoms with van der Waals surface area (Å²) in [6.45, 7) is 6.51. The number of hydrogen-bond donors (Lipinski definition) is 1. The van der Waals surface area contributed by atoms with Crippen molar-refractivity contribution in [3.63, 3.8) is 0 Å². The molecule has 20 heavy (non-hydrogen) atoms. The van der Waals surface area contributed by atoms with E-state index in [1.54, 1.807) is 12.1 Å². The van der Waals surface area contributed by atoms with Gasteiger partial charge in [-0.2, -0.15) is 0 Å². The number of hydrogen-bond acceptors (Lipinski definition) is 2. The van der Waals surface area contributed by atoms with Crippen molar-refractivity contribution in [3.05, 3.63) is 29.6 Å². The Bertz CT molecular complexity index is 439. The van der Waals surface area contributed by atoms with E-state index in [-0.39, 0.29) is 18.0 Å². The summed E-state index contributed by atoms with van der Waals surface area (Å²) in [4.78, 5) is 0. The summed E-state index contributed by atoms with van der Waals surface area (Å²) in [5.41, 5.74) is 0.947. The fourth-order valence-electron chi connectivity index (χ4n) is 3.20. The lowest BCUT2D eigenvalue weighted by Gasteiger charge is -2.31. The zero-order chi connectivity index (χ0) is 14.7. The molecule has 1 aromatic rings. The van der Waals surface area contributed by atoms with Crippen LogP contribution in [0, 0.1) is 17.7 Å². The van der Waals surface area contributed by atoms with Crippen LogP contribution in [0.25, 0.3) is 0 Å². The quantitative estimate of drug-likeness (QED) is 0.886. The van der Waals surface area contributed by atoms with Crippen molar-refractivity contribution in [1.82, 2.24) is 5.32 Å². The summed E-state index contributed by atoms with van der Waals surface area (Å²) < 4.78 is 20.0. The van der Waals surface area contributed by atoms with Crippen LogP contribution in [0.15, 0.2) is 18.2 Å². The van der Waals surface area contributed by atoms with Crippen LogP contribution in [-0.2, 0) is 0 Å².